The van der Waals surface area contributed by atoms with Gasteiger partial charge in [0.1, 0.15) is 0 Å². The monoisotopic (exact) mass is 701 g/mol. The fraction of sp³-hybridized carbons (Fsp3) is 0.583. The number of rotatable bonds is 11. The van der Waals surface area contributed by atoms with Gasteiger partial charge in [0.15, 0.2) is 11.9 Å². The Hall–Kier alpha value is -3.21. The smallest absolute Gasteiger partial charge is 0.410 e. The number of halogens is 2. The van der Waals surface area contributed by atoms with Gasteiger partial charge in [-0.15, -0.1) is 0 Å². The van der Waals surface area contributed by atoms with Gasteiger partial charge in [0.25, 0.3) is 5.91 Å². The average Bonchev–Trinajstić information content (AvgIpc) is 3.11. The van der Waals surface area contributed by atoms with E-state index in [-0.39, 0.29) is 34.2 Å². The van der Waals surface area contributed by atoms with Crippen molar-refractivity contribution in [3.8, 4) is 5.75 Å². The molecule has 5 rings (SSSR count). The summed E-state index contributed by atoms with van der Waals surface area (Å²) >= 11 is 12.4. The first-order valence-electron chi connectivity index (χ1n) is 17.2. The minimum atomic E-state index is -1.06. The van der Waals surface area contributed by atoms with Crippen molar-refractivity contribution >= 4 is 47.3 Å². The van der Waals surface area contributed by atoms with Crippen LogP contribution in [0.4, 0.5) is 10.5 Å². The van der Waals surface area contributed by atoms with E-state index in [1.165, 1.54) is 12.8 Å². The van der Waals surface area contributed by atoms with Gasteiger partial charge in [-0.25, -0.2) is 4.79 Å². The van der Waals surface area contributed by atoms with Gasteiger partial charge in [-0.2, -0.15) is 0 Å². The maximum atomic E-state index is 14.0. The summed E-state index contributed by atoms with van der Waals surface area (Å²) in [6.45, 7) is 4.92. The molecule has 3 amide bonds. The van der Waals surface area contributed by atoms with Crippen LogP contribution in [-0.2, 0) is 27.2 Å². The number of aromatic hydroxyl groups is 1. The van der Waals surface area contributed by atoms with Gasteiger partial charge in [-0.05, 0) is 106 Å². The first-order chi connectivity index (χ1) is 23.2. The Balaban J connectivity index is 1.19. The predicted molar refractivity (Wildman–Crippen MR) is 189 cm³/mol. The largest absolute Gasteiger partial charge is 0.505 e. The topological polar surface area (TPSA) is 106 Å². The summed E-state index contributed by atoms with van der Waals surface area (Å²) in [5.41, 5.74) is 2.78. The normalized spacial score (nSPS) is 19.2. The van der Waals surface area contributed by atoms with Gasteiger partial charge in [0.2, 0.25) is 6.41 Å². The molecule has 10 nitrogen and oxygen atoms in total. The molecule has 0 spiro atoms. The van der Waals surface area contributed by atoms with Crippen molar-refractivity contribution in [3.05, 3.63) is 57.6 Å². The van der Waals surface area contributed by atoms with E-state index >= 15 is 0 Å². The number of carbonyl (C=O) groups excluding carboxylic acids is 3. The number of para-hydroxylation sites is 1. The lowest BCUT2D eigenvalue weighted by Gasteiger charge is -2.40. The molecule has 2 N–H and O–H groups in total. The molecule has 0 unspecified atom stereocenters. The molecule has 3 aliphatic heterocycles. The summed E-state index contributed by atoms with van der Waals surface area (Å²) < 4.78 is 5.98. The van der Waals surface area contributed by atoms with E-state index < -0.39 is 12.2 Å². The molecule has 0 radical (unpaired) electrons. The number of hydrogen-bond donors (Lipinski definition) is 2. The van der Waals surface area contributed by atoms with E-state index in [1.54, 1.807) is 17.0 Å². The zero-order valence-corrected chi connectivity index (χ0v) is 29.6. The van der Waals surface area contributed by atoms with Crippen LogP contribution < -0.4 is 5.32 Å². The molecule has 0 aliphatic carbocycles. The summed E-state index contributed by atoms with van der Waals surface area (Å²) in [4.78, 5) is 47.2. The summed E-state index contributed by atoms with van der Waals surface area (Å²) in [5.74, 6) is 0.838. The lowest BCUT2D eigenvalue weighted by Crippen LogP contribution is -2.50. The second-order valence-corrected chi connectivity index (χ2v) is 14.3. The molecule has 3 aliphatic rings. The number of ether oxygens (including phenoxy) is 1. The van der Waals surface area contributed by atoms with Crippen molar-refractivity contribution < 1.29 is 24.2 Å². The highest BCUT2D eigenvalue weighted by atomic mass is 35.5. The van der Waals surface area contributed by atoms with Crippen molar-refractivity contribution in [2.45, 2.75) is 63.5 Å². The molecule has 0 aromatic heterocycles. The highest BCUT2D eigenvalue weighted by Gasteiger charge is 2.36. The average molecular weight is 703 g/mol. The second-order valence-electron chi connectivity index (χ2n) is 13.5. The van der Waals surface area contributed by atoms with E-state index in [1.807, 2.05) is 35.0 Å². The third-order valence-electron chi connectivity index (χ3n) is 10.6. The molecule has 1 atom stereocenters. The van der Waals surface area contributed by atoms with E-state index in [0.717, 1.165) is 50.0 Å². The van der Waals surface area contributed by atoms with Gasteiger partial charge in [0.05, 0.1) is 10.0 Å². The van der Waals surface area contributed by atoms with E-state index in [0.29, 0.717) is 63.0 Å². The molecule has 2 aromatic carbocycles. The fourth-order valence-corrected chi connectivity index (χ4v) is 8.09. The van der Waals surface area contributed by atoms with Crippen molar-refractivity contribution in [1.82, 2.24) is 19.6 Å². The van der Waals surface area contributed by atoms with Crippen LogP contribution in [0, 0.1) is 11.8 Å². The first kappa shape index (κ1) is 36.1. The Bertz CT molecular complexity index is 1380. The van der Waals surface area contributed by atoms with Crippen molar-refractivity contribution in [1.29, 1.82) is 0 Å². The molecule has 3 heterocycles. The standard InChI is InChI=1S/C36H49Cl2N5O5/c1-39-32-6-4-3-5-28(32)11-18-43(24-44)29-12-19-42(20-13-29)36(47)48-33(23-25-21-30(37)34(45)31(38)22-25)35(46)41-16-9-27(10-17-41)26-7-14-40(2)15-8-26/h3-6,21-22,24,26-27,29,33,39,45H,7-20,23H2,1-2H3/t33-/m1/s1. The summed E-state index contributed by atoms with van der Waals surface area (Å²) in [7, 11) is 4.06. The molecular weight excluding hydrogens is 653 g/mol. The molecule has 262 valence electrons. The molecule has 0 bridgehead atoms. The zero-order chi connectivity index (χ0) is 34.2. The number of hydrogen-bond acceptors (Lipinski definition) is 7. The zero-order valence-electron chi connectivity index (χ0n) is 28.1. The Labute approximate surface area is 294 Å². The third-order valence-corrected chi connectivity index (χ3v) is 11.1. The van der Waals surface area contributed by atoms with E-state index in [9.17, 15) is 19.5 Å². The van der Waals surface area contributed by atoms with Gasteiger partial charge in [0, 0.05) is 57.9 Å². The summed E-state index contributed by atoms with van der Waals surface area (Å²) in [5, 5.41) is 13.4. The van der Waals surface area contributed by atoms with Crippen LogP contribution in [0.5, 0.6) is 5.75 Å². The molecular formula is C36H49Cl2N5O5. The van der Waals surface area contributed by atoms with E-state index in [2.05, 4.69) is 23.3 Å². The number of benzene rings is 2. The number of piperidine rings is 3. The number of nitrogens with one attached hydrogen (secondary N) is 1. The van der Waals surface area contributed by atoms with Crippen LogP contribution in [0.25, 0.3) is 0 Å². The number of likely N-dealkylation sites (tertiary alicyclic amines) is 3. The minimum Gasteiger partial charge on any atom is -0.505 e. The maximum Gasteiger partial charge on any atom is 0.410 e. The lowest BCUT2D eigenvalue weighted by molar-refractivity contribution is -0.142. The second kappa shape index (κ2) is 16.9. The van der Waals surface area contributed by atoms with Crippen LogP contribution in [0.3, 0.4) is 0 Å². The lowest BCUT2D eigenvalue weighted by atomic mass is 9.79. The Morgan fingerprint density at radius 2 is 1.54 bits per heavy atom. The minimum absolute atomic E-state index is 0.0119. The third kappa shape index (κ3) is 9.07. The van der Waals surface area contributed by atoms with Crippen molar-refractivity contribution in [2.75, 3.05) is 65.2 Å². The molecule has 3 fully saturated rings. The van der Waals surface area contributed by atoms with Gasteiger partial charge in [-0.3, -0.25) is 9.59 Å². The Morgan fingerprint density at radius 1 is 0.958 bits per heavy atom. The quantitative estimate of drug-likeness (QED) is 0.297. The highest BCUT2D eigenvalue weighted by Crippen LogP contribution is 2.35. The molecule has 2 aromatic rings. The van der Waals surface area contributed by atoms with Crippen molar-refractivity contribution in [3.63, 3.8) is 0 Å². The van der Waals surface area contributed by atoms with Gasteiger partial charge < -0.3 is 34.8 Å². The first-order valence-corrected chi connectivity index (χ1v) is 18.0. The molecule has 3 saturated heterocycles. The van der Waals surface area contributed by atoms with Crippen LogP contribution in [0.1, 0.15) is 49.7 Å². The fourth-order valence-electron chi connectivity index (χ4n) is 7.55. The maximum absolute atomic E-state index is 14.0. The van der Waals surface area contributed by atoms with Crippen LogP contribution in [0.2, 0.25) is 10.0 Å². The van der Waals surface area contributed by atoms with E-state index in [4.69, 9.17) is 27.9 Å². The highest BCUT2D eigenvalue weighted by molar-refractivity contribution is 6.37. The molecule has 48 heavy (non-hydrogen) atoms. The Kier molecular flexibility index (Phi) is 12.7. The Morgan fingerprint density at radius 3 is 2.15 bits per heavy atom. The number of phenols is 1. The van der Waals surface area contributed by atoms with Gasteiger partial charge in [-0.1, -0.05) is 41.4 Å². The molecule has 0 saturated carbocycles. The number of anilines is 1. The number of amides is 3. The molecule has 12 heteroatoms. The number of phenolic OH excluding ortho intramolecular Hbond substituents is 1. The number of carbonyl (C=O) groups is 3. The van der Waals surface area contributed by atoms with Crippen LogP contribution in [0.15, 0.2) is 36.4 Å². The van der Waals surface area contributed by atoms with Crippen LogP contribution in [-0.4, -0.2) is 115 Å². The van der Waals surface area contributed by atoms with Crippen molar-refractivity contribution in [2.24, 2.45) is 11.8 Å². The van der Waals surface area contributed by atoms with Crippen LogP contribution >= 0.6 is 23.2 Å². The summed E-state index contributed by atoms with van der Waals surface area (Å²) in [6, 6.07) is 11.2. The number of nitrogens with zero attached hydrogens (tertiary/aromatic N) is 4. The predicted octanol–water partition coefficient (Wildman–Crippen LogP) is 5.53. The SMILES string of the molecule is CNc1ccccc1CCN(C=O)C1CCN(C(=O)O[C@H](Cc2cc(Cl)c(O)c(Cl)c2)C(=O)N2CCC(C3CCN(C)CC3)CC2)CC1. The summed E-state index contributed by atoms with van der Waals surface area (Å²) in [6.07, 6.45) is 5.62. The van der Waals surface area contributed by atoms with Gasteiger partial charge >= 0.3 is 6.09 Å².